The summed E-state index contributed by atoms with van der Waals surface area (Å²) in [5, 5.41) is 10.2. The third kappa shape index (κ3) is 4.79. The monoisotopic (exact) mass is 481 g/mol. The van der Waals surface area contributed by atoms with Gasteiger partial charge < -0.3 is 14.6 Å². The van der Waals surface area contributed by atoms with Crippen LogP contribution in [0.1, 0.15) is 55.3 Å². The molecule has 1 amide bonds. The molecular weight excluding hydrogens is 452 g/mol. The number of pyridine rings is 1. The van der Waals surface area contributed by atoms with Crippen LogP contribution in [0.3, 0.4) is 0 Å². The number of carboxylic acid groups (broad SMARTS) is 1. The Morgan fingerprint density at radius 1 is 1.11 bits per heavy atom. The van der Waals surface area contributed by atoms with Gasteiger partial charge in [-0.25, -0.2) is 13.8 Å². The van der Waals surface area contributed by atoms with Crippen molar-refractivity contribution in [3.8, 4) is 0 Å². The number of hydrogen-bond donors (Lipinski definition) is 1. The van der Waals surface area contributed by atoms with Gasteiger partial charge in [-0.2, -0.15) is 0 Å². The minimum Gasteiger partial charge on any atom is -0.481 e. The second kappa shape index (κ2) is 9.76. The number of carbonyl (C=O) groups excluding carboxylic acids is 1. The molecular formula is C27H29F2N3O3. The average molecular weight is 482 g/mol. The molecule has 3 aromatic rings. The third-order valence-corrected chi connectivity index (χ3v) is 7.67. The zero-order valence-corrected chi connectivity index (χ0v) is 19.6. The smallest absolute Gasteiger partial charge is 0.306 e. The molecule has 1 aliphatic carbocycles. The van der Waals surface area contributed by atoms with Gasteiger partial charge >= 0.3 is 5.97 Å². The van der Waals surface area contributed by atoms with Crippen molar-refractivity contribution in [3.05, 3.63) is 65.0 Å². The Hall–Kier alpha value is -3.29. The number of aromatic nitrogens is 2. The quantitative estimate of drug-likeness (QED) is 0.542. The largest absolute Gasteiger partial charge is 0.481 e. The normalized spacial score (nSPS) is 20.1. The fourth-order valence-corrected chi connectivity index (χ4v) is 5.65. The van der Waals surface area contributed by atoms with Gasteiger partial charge in [0.15, 0.2) is 0 Å². The summed E-state index contributed by atoms with van der Waals surface area (Å²) in [5.41, 5.74) is 3.19. The first-order chi connectivity index (χ1) is 16.9. The maximum absolute atomic E-state index is 14.5. The van der Waals surface area contributed by atoms with Crippen molar-refractivity contribution >= 4 is 22.9 Å². The molecule has 3 heterocycles. The van der Waals surface area contributed by atoms with Gasteiger partial charge in [0.2, 0.25) is 5.91 Å². The predicted octanol–water partition coefficient (Wildman–Crippen LogP) is 4.92. The molecule has 2 aliphatic rings. The summed E-state index contributed by atoms with van der Waals surface area (Å²) < 4.78 is 29.8. The highest BCUT2D eigenvalue weighted by molar-refractivity contribution is 5.84. The van der Waals surface area contributed by atoms with Crippen molar-refractivity contribution in [2.45, 2.75) is 58.0 Å². The molecule has 0 saturated heterocycles. The lowest BCUT2D eigenvalue weighted by atomic mass is 9.80. The van der Waals surface area contributed by atoms with Crippen LogP contribution in [0.2, 0.25) is 0 Å². The lowest BCUT2D eigenvalue weighted by Gasteiger charge is -2.30. The third-order valence-electron chi connectivity index (χ3n) is 7.67. The molecule has 6 nitrogen and oxygen atoms in total. The van der Waals surface area contributed by atoms with Crippen LogP contribution in [-0.4, -0.2) is 38.0 Å². The summed E-state index contributed by atoms with van der Waals surface area (Å²) in [6.07, 6.45) is 6.72. The van der Waals surface area contributed by atoms with E-state index < -0.39 is 17.6 Å². The van der Waals surface area contributed by atoms with E-state index in [1.54, 1.807) is 6.20 Å². The van der Waals surface area contributed by atoms with Crippen molar-refractivity contribution in [2.75, 3.05) is 6.54 Å². The van der Waals surface area contributed by atoms with Crippen LogP contribution in [0, 0.1) is 23.5 Å². The maximum atomic E-state index is 14.5. The number of rotatable bonds is 6. The van der Waals surface area contributed by atoms with Crippen LogP contribution in [0.25, 0.3) is 11.0 Å². The standard InChI is InChI=1S/C27H29F2N3O3/c28-20-9-8-19(23(29)14-20)15-32-24-16-31(13-11-21(24)22-2-1-12-30-26(22)32)25(33)10-5-17-3-6-18(7-4-17)27(34)35/h1-2,8-9,12,14,17-18H,3-7,10-11,13,15-16H2,(H,34,35). The maximum Gasteiger partial charge on any atom is 0.306 e. The number of amides is 1. The zero-order chi connectivity index (χ0) is 24.5. The number of fused-ring (bicyclic) bond motifs is 3. The van der Waals surface area contributed by atoms with Gasteiger partial charge in [0.1, 0.15) is 17.3 Å². The van der Waals surface area contributed by atoms with Crippen LogP contribution in [0.15, 0.2) is 36.5 Å². The van der Waals surface area contributed by atoms with Gasteiger partial charge in [-0.1, -0.05) is 6.07 Å². The number of hydrogen-bond acceptors (Lipinski definition) is 3. The van der Waals surface area contributed by atoms with E-state index in [2.05, 4.69) is 4.98 Å². The summed E-state index contributed by atoms with van der Waals surface area (Å²) in [4.78, 5) is 30.7. The van der Waals surface area contributed by atoms with E-state index in [4.69, 9.17) is 0 Å². The number of benzene rings is 1. The van der Waals surface area contributed by atoms with Crippen LogP contribution in [0.4, 0.5) is 8.78 Å². The Bertz CT molecular complexity index is 1260. The molecule has 0 radical (unpaired) electrons. The van der Waals surface area contributed by atoms with Crippen LogP contribution >= 0.6 is 0 Å². The predicted molar refractivity (Wildman–Crippen MR) is 127 cm³/mol. The van der Waals surface area contributed by atoms with Gasteiger partial charge in [-0.05, 0) is 68.2 Å². The summed E-state index contributed by atoms with van der Waals surface area (Å²) in [5.74, 6) is -1.69. The fraction of sp³-hybridized carbons (Fsp3) is 0.444. The summed E-state index contributed by atoms with van der Waals surface area (Å²) in [6, 6.07) is 7.48. The summed E-state index contributed by atoms with van der Waals surface area (Å²) in [6.45, 7) is 1.26. The van der Waals surface area contributed by atoms with Crippen molar-refractivity contribution in [2.24, 2.45) is 11.8 Å². The Labute approximate surface area is 202 Å². The van der Waals surface area contributed by atoms with E-state index >= 15 is 0 Å². The second-order valence-corrected chi connectivity index (χ2v) is 9.78. The Kier molecular flexibility index (Phi) is 6.54. The van der Waals surface area contributed by atoms with Gasteiger partial charge in [0.25, 0.3) is 0 Å². The lowest BCUT2D eigenvalue weighted by molar-refractivity contribution is -0.143. The molecule has 0 bridgehead atoms. The Balaban J connectivity index is 1.31. The molecule has 184 valence electrons. The van der Waals surface area contributed by atoms with Gasteiger partial charge in [-0.15, -0.1) is 0 Å². The highest BCUT2D eigenvalue weighted by Gasteiger charge is 2.29. The molecule has 1 aliphatic heterocycles. The minimum atomic E-state index is -0.714. The van der Waals surface area contributed by atoms with Crippen molar-refractivity contribution in [3.63, 3.8) is 0 Å². The van der Waals surface area contributed by atoms with Gasteiger partial charge in [0, 0.05) is 41.9 Å². The van der Waals surface area contributed by atoms with Gasteiger partial charge in [0.05, 0.1) is 19.0 Å². The van der Waals surface area contributed by atoms with Gasteiger partial charge in [-0.3, -0.25) is 9.59 Å². The van der Waals surface area contributed by atoms with Crippen LogP contribution in [0.5, 0.6) is 0 Å². The second-order valence-electron chi connectivity index (χ2n) is 9.78. The summed E-state index contributed by atoms with van der Waals surface area (Å²) in [7, 11) is 0. The molecule has 5 rings (SSSR count). The molecule has 1 fully saturated rings. The molecule has 1 saturated carbocycles. The highest BCUT2D eigenvalue weighted by Crippen LogP contribution is 2.33. The molecule has 2 aromatic heterocycles. The van der Waals surface area contributed by atoms with Crippen LogP contribution < -0.4 is 0 Å². The number of halogens is 2. The first-order valence-electron chi connectivity index (χ1n) is 12.3. The summed E-state index contributed by atoms with van der Waals surface area (Å²) >= 11 is 0. The van der Waals surface area contributed by atoms with E-state index in [1.807, 2.05) is 21.6 Å². The molecule has 0 unspecified atom stereocenters. The minimum absolute atomic E-state index is 0.0914. The first kappa shape index (κ1) is 23.5. The average Bonchev–Trinajstić information content (AvgIpc) is 3.17. The first-order valence-corrected chi connectivity index (χ1v) is 12.3. The zero-order valence-electron chi connectivity index (χ0n) is 19.6. The Morgan fingerprint density at radius 3 is 2.66 bits per heavy atom. The van der Waals surface area contributed by atoms with Crippen molar-refractivity contribution in [1.82, 2.24) is 14.5 Å². The molecule has 35 heavy (non-hydrogen) atoms. The molecule has 1 aromatic carbocycles. The van der Waals surface area contributed by atoms with Crippen molar-refractivity contribution in [1.29, 1.82) is 0 Å². The van der Waals surface area contributed by atoms with Crippen LogP contribution in [-0.2, 0) is 29.1 Å². The number of nitrogens with zero attached hydrogens (tertiary/aromatic N) is 3. The van der Waals surface area contributed by atoms with E-state index in [9.17, 15) is 23.5 Å². The molecule has 0 atom stereocenters. The number of carboxylic acids is 1. The van der Waals surface area contributed by atoms with E-state index in [1.165, 1.54) is 12.1 Å². The van der Waals surface area contributed by atoms with E-state index in [0.717, 1.165) is 47.6 Å². The number of carbonyl (C=O) groups is 2. The molecule has 0 spiro atoms. The lowest BCUT2D eigenvalue weighted by Crippen LogP contribution is -2.37. The fourth-order valence-electron chi connectivity index (χ4n) is 5.65. The van der Waals surface area contributed by atoms with Crippen molar-refractivity contribution < 1.29 is 23.5 Å². The topological polar surface area (TPSA) is 75.4 Å². The van der Waals surface area contributed by atoms with E-state index in [-0.39, 0.29) is 18.4 Å². The molecule has 1 N–H and O–H groups in total. The number of aliphatic carboxylic acids is 1. The molecule has 8 heteroatoms. The highest BCUT2D eigenvalue weighted by atomic mass is 19.1. The van der Waals surface area contributed by atoms with E-state index in [0.29, 0.717) is 50.3 Å². The SMILES string of the molecule is O=C(O)C1CCC(CCC(=O)N2CCc3c(n(Cc4ccc(F)cc4F)c4ncccc34)C2)CC1. The Morgan fingerprint density at radius 2 is 1.91 bits per heavy atom.